The second kappa shape index (κ2) is 8.92. The first kappa shape index (κ1) is 23.2. The Kier molecular flexibility index (Phi) is 5.92. The fraction of sp³-hybridized carbons (Fsp3) is 0.360. The van der Waals surface area contributed by atoms with Crippen LogP contribution in [0.15, 0.2) is 61.1 Å². The second-order valence-corrected chi connectivity index (χ2v) is 11.2. The molecule has 2 amide bonds. The van der Waals surface area contributed by atoms with Crippen LogP contribution in [0.1, 0.15) is 25.3 Å². The number of amides is 2. The van der Waals surface area contributed by atoms with E-state index >= 15 is 0 Å². The molecule has 3 heterocycles. The van der Waals surface area contributed by atoms with Crippen LogP contribution >= 0.6 is 0 Å². The molecule has 1 saturated heterocycles. The highest BCUT2D eigenvalue weighted by Crippen LogP contribution is 2.48. The first-order valence-corrected chi connectivity index (χ1v) is 13.3. The normalized spacial score (nSPS) is 16.9. The molecule has 2 aromatic carbocycles. The Morgan fingerprint density at radius 3 is 2.51 bits per heavy atom. The third-order valence-electron chi connectivity index (χ3n) is 7.09. The average molecular weight is 496 g/mol. The van der Waals surface area contributed by atoms with Crippen molar-refractivity contribution in [3.63, 3.8) is 0 Å². The summed E-state index contributed by atoms with van der Waals surface area (Å²) in [4.78, 5) is 19.1. The van der Waals surface area contributed by atoms with Gasteiger partial charge in [-0.3, -0.25) is 9.62 Å². The number of benzene rings is 2. The lowest BCUT2D eigenvalue weighted by Gasteiger charge is -2.39. The summed E-state index contributed by atoms with van der Waals surface area (Å²) in [5, 5.41) is 2.89. The van der Waals surface area contributed by atoms with E-state index in [1.807, 2.05) is 53.1 Å². The van der Waals surface area contributed by atoms with E-state index in [4.69, 9.17) is 4.74 Å². The van der Waals surface area contributed by atoms with Crippen LogP contribution in [0.2, 0.25) is 0 Å². The number of fused-ring (bicyclic) bond motifs is 2. The van der Waals surface area contributed by atoms with Gasteiger partial charge in [0, 0.05) is 30.7 Å². The largest absolute Gasteiger partial charge is 0.497 e. The zero-order valence-electron chi connectivity index (χ0n) is 19.8. The number of methoxy groups -OCH3 is 1. The van der Waals surface area contributed by atoms with Crippen LogP contribution in [0.25, 0.3) is 5.69 Å². The van der Waals surface area contributed by atoms with Crippen molar-refractivity contribution in [2.75, 3.05) is 42.1 Å². The number of para-hydroxylation sites is 1. The zero-order chi connectivity index (χ0) is 24.6. The molecule has 0 atom stereocenters. The van der Waals surface area contributed by atoms with Crippen LogP contribution in [0.3, 0.4) is 0 Å². The third kappa shape index (κ3) is 4.22. The van der Waals surface area contributed by atoms with Crippen LogP contribution in [0.4, 0.5) is 16.3 Å². The minimum absolute atomic E-state index is 0.0646. The number of aromatic nitrogens is 2. The van der Waals surface area contributed by atoms with Gasteiger partial charge in [-0.15, -0.1) is 0 Å². The summed E-state index contributed by atoms with van der Waals surface area (Å²) < 4.78 is 34.1. The molecule has 0 aliphatic carbocycles. The van der Waals surface area contributed by atoms with Crippen LogP contribution in [0.5, 0.6) is 5.75 Å². The summed E-state index contributed by atoms with van der Waals surface area (Å²) in [6.45, 7) is 3.19. The van der Waals surface area contributed by atoms with Crippen molar-refractivity contribution in [2.45, 2.75) is 25.2 Å². The molecule has 2 aliphatic rings. The molecule has 5 rings (SSSR count). The van der Waals surface area contributed by atoms with Gasteiger partial charge in [0.25, 0.3) is 0 Å². The number of nitrogens with one attached hydrogen (secondary N) is 1. The van der Waals surface area contributed by atoms with Crippen LogP contribution < -0.4 is 14.4 Å². The average Bonchev–Trinajstić information content (AvgIpc) is 3.48. The predicted molar refractivity (Wildman–Crippen MR) is 135 cm³/mol. The van der Waals surface area contributed by atoms with Crippen molar-refractivity contribution in [1.82, 2.24) is 14.5 Å². The molecule has 1 fully saturated rings. The number of rotatable bonds is 5. The second-order valence-electron chi connectivity index (χ2n) is 8.99. The van der Waals surface area contributed by atoms with Gasteiger partial charge in [-0.2, -0.15) is 0 Å². The number of likely N-dealkylation sites (tertiary alicyclic amines) is 1. The van der Waals surface area contributed by atoms with Crippen LogP contribution in [0, 0.1) is 0 Å². The van der Waals surface area contributed by atoms with Crippen molar-refractivity contribution in [1.29, 1.82) is 0 Å². The molecule has 0 unspecified atom stereocenters. The molecule has 10 heteroatoms. The number of carbonyl (C=O) groups is 1. The van der Waals surface area contributed by atoms with Gasteiger partial charge < -0.3 is 14.2 Å². The number of hydrogen-bond acceptors (Lipinski definition) is 5. The molecular weight excluding hydrogens is 466 g/mol. The number of urea groups is 1. The van der Waals surface area contributed by atoms with E-state index in [0.29, 0.717) is 38.3 Å². The lowest BCUT2D eigenvalue weighted by atomic mass is 9.74. The number of carbonyl (C=O) groups excluding carboxylic acids is 1. The van der Waals surface area contributed by atoms with E-state index in [1.54, 1.807) is 35.8 Å². The van der Waals surface area contributed by atoms with Gasteiger partial charge in [-0.05, 0) is 55.7 Å². The van der Waals surface area contributed by atoms with E-state index < -0.39 is 10.0 Å². The van der Waals surface area contributed by atoms with Gasteiger partial charge >= 0.3 is 6.03 Å². The summed E-state index contributed by atoms with van der Waals surface area (Å²) in [6, 6.07) is 15.1. The van der Waals surface area contributed by atoms with Crippen molar-refractivity contribution < 1.29 is 17.9 Å². The SMILES string of the molecule is CCS(=O)(=O)N1CC2(CCN(C(=O)Nc3cn(-c4ccc(OC)cc4)cn3)CC2)c2ccccc21. The standard InChI is InChI=1S/C25H29N5O4S/c1-3-35(32,33)30-17-25(21-6-4-5-7-22(21)30)12-14-28(15-13-25)24(31)27-23-16-29(18-26-23)19-8-10-20(34-2)11-9-19/h4-11,16,18H,3,12-15,17H2,1-2H3,(H,27,31). The molecule has 3 aromatic rings. The molecule has 1 spiro atoms. The van der Waals surface area contributed by atoms with E-state index in [9.17, 15) is 13.2 Å². The maximum Gasteiger partial charge on any atom is 0.323 e. The topological polar surface area (TPSA) is 96.8 Å². The quantitative estimate of drug-likeness (QED) is 0.583. The summed E-state index contributed by atoms with van der Waals surface area (Å²) in [5.74, 6) is 1.30. The number of ether oxygens (including phenoxy) is 1. The number of piperidine rings is 1. The minimum atomic E-state index is -3.36. The highest BCUT2D eigenvalue weighted by atomic mass is 32.2. The first-order chi connectivity index (χ1) is 16.8. The van der Waals surface area contributed by atoms with Crippen molar-refractivity contribution in [2.24, 2.45) is 0 Å². The van der Waals surface area contributed by atoms with Crippen molar-refractivity contribution in [3.05, 3.63) is 66.6 Å². The Bertz CT molecular complexity index is 1330. The van der Waals surface area contributed by atoms with E-state index in [2.05, 4.69) is 10.3 Å². The van der Waals surface area contributed by atoms with Gasteiger partial charge in [0.15, 0.2) is 5.82 Å². The Hall–Kier alpha value is -3.53. The zero-order valence-corrected chi connectivity index (χ0v) is 20.7. The van der Waals surface area contributed by atoms with E-state index in [-0.39, 0.29) is 17.2 Å². The molecule has 1 N–H and O–H groups in total. The molecule has 0 bridgehead atoms. The Labute approximate surface area is 205 Å². The molecule has 0 saturated carbocycles. The fourth-order valence-electron chi connectivity index (χ4n) is 5.03. The number of sulfonamides is 1. The van der Waals surface area contributed by atoms with Gasteiger partial charge in [0.1, 0.15) is 12.1 Å². The molecule has 2 aliphatic heterocycles. The van der Waals surface area contributed by atoms with Gasteiger partial charge in [0.05, 0.1) is 24.7 Å². The number of hydrogen-bond donors (Lipinski definition) is 1. The molecule has 1 aromatic heterocycles. The molecule has 184 valence electrons. The lowest BCUT2D eigenvalue weighted by Crippen LogP contribution is -2.49. The highest BCUT2D eigenvalue weighted by molar-refractivity contribution is 7.92. The monoisotopic (exact) mass is 495 g/mol. The van der Waals surface area contributed by atoms with Gasteiger partial charge in [-0.25, -0.2) is 18.2 Å². The predicted octanol–water partition coefficient (Wildman–Crippen LogP) is 3.62. The van der Waals surface area contributed by atoms with Crippen LogP contribution in [-0.4, -0.2) is 61.4 Å². The summed E-state index contributed by atoms with van der Waals surface area (Å²) in [6.07, 6.45) is 4.83. The van der Waals surface area contributed by atoms with Crippen molar-refractivity contribution in [3.8, 4) is 11.4 Å². The maximum absolute atomic E-state index is 13.0. The van der Waals surface area contributed by atoms with Gasteiger partial charge in [0.2, 0.25) is 10.0 Å². The van der Waals surface area contributed by atoms with Gasteiger partial charge in [-0.1, -0.05) is 18.2 Å². The van der Waals surface area contributed by atoms with E-state index in [1.165, 1.54) is 0 Å². The maximum atomic E-state index is 13.0. The molecule has 35 heavy (non-hydrogen) atoms. The van der Waals surface area contributed by atoms with Crippen LogP contribution in [-0.2, 0) is 15.4 Å². The molecular formula is C25H29N5O4S. The minimum Gasteiger partial charge on any atom is -0.497 e. The Balaban J connectivity index is 1.26. The van der Waals surface area contributed by atoms with E-state index in [0.717, 1.165) is 22.7 Å². The molecule has 0 radical (unpaired) electrons. The van der Waals surface area contributed by atoms with Crippen molar-refractivity contribution >= 4 is 27.6 Å². The molecule has 9 nitrogen and oxygen atoms in total. The fourth-order valence-corrected chi connectivity index (χ4v) is 6.24. The number of imidazole rings is 1. The first-order valence-electron chi connectivity index (χ1n) is 11.7. The third-order valence-corrected chi connectivity index (χ3v) is 8.81. The summed E-state index contributed by atoms with van der Waals surface area (Å²) in [5.41, 5.74) is 2.47. The Morgan fingerprint density at radius 2 is 1.83 bits per heavy atom. The lowest BCUT2D eigenvalue weighted by molar-refractivity contribution is 0.173. The summed E-state index contributed by atoms with van der Waals surface area (Å²) in [7, 11) is -1.74. The Morgan fingerprint density at radius 1 is 1.11 bits per heavy atom. The summed E-state index contributed by atoms with van der Waals surface area (Å²) >= 11 is 0. The number of nitrogens with zero attached hydrogens (tertiary/aromatic N) is 4. The highest BCUT2D eigenvalue weighted by Gasteiger charge is 2.47. The smallest absolute Gasteiger partial charge is 0.323 e. The number of anilines is 2.